The van der Waals surface area contributed by atoms with Gasteiger partial charge in [-0.25, -0.2) is 4.79 Å². The predicted molar refractivity (Wildman–Crippen MR) is 128 cm³/mol. The van der Waals surface area contributed by atoms with Crippen LogP contribution in [0.25, 0.3) is 0 Å². The molecule has 4 aliphatic rings. The molecule has 6 atom stereocenters. The lowest BCUT2D eigenvalue weighted by Crippen LogP contribution is -2.81. The number of fused-ring (bicyclic) bond motifs is 1. The van der Waals surface area contributed by atoms with Gasteiger partial charge in [-0.15, -0.1) is 12.4 Å². The standard InChI is InChI=1S/C25H32N2O6.ClH/c1-6-23-10-7-12-27-13-11-24(19(23)27)17-9-8-16(31-4)14-18(17)26(3)20(24)25(30,22(29)32-5)21(23)33-15(2)28;/h7-10,14,19-21,30H,6,11-13H2,1-5H3;1H/t19-,20+,21+,23+,24+,25-;/m0./s1. The second-order valence-corrected chi connectivity index (χ2v) is 9.76. The van der Waals surface area contributed by atoms with Crippen LogP contribution in [-0.4, -0.2) is 80.1 Å². The smallest absolute Gasteiger partial charge is 0.344 e. The number of carbonyl (C=O) groups excluding carboxylic acids is 2. The van der Waals surface area contributed by atoms with Crippen molar-refractivity contribution in [2.45, 2.75) is 55.9 Å². The third-order valence-corrected chi connectivity index (χ3v) is 8.62. The Bertz CT molecular complexity index is 1050. The molecule has 2 fully saturated rings. The number of ether oxygens (including phenoxy) is 3. The Morgan fingerprint density at radius 1 is 1.24 bits per heavy atom. The van der Waals surface area contributed by atoms with E-state index < -0.39 is 40.5 Å². The van der Waals surface area contributed by atoms with Gasteiger partial charge in [-0.2, -0.15) is 0 Å². The Hall–Kier alpha value is -2.29. The molecule has 1 spiro atoms. The maximum absolute atomic E-state index is 13.5. The number of hydrogen-bond acceptors (Lipinski definition) is 8. The summed E-state index contributed by atoms with van der Waals surface area (Å²) in [4.78, 5) is 30.2. The van der Waals surface area contributed by atoms with Crippen molar-refractivity contribution in [2.75, 3.05) is 39.3 Å². The molecule has 0 radical (unpaired) electrons. The molecule has 1 saturated heterocycles. The first-order valence-corrected chi connectivity index (χ1v) is 11.5. The lowest BCUT2D eigenvalue weighted by atomic mass is 9.47. The summed E-state index contributed by atoms with van der Waals surface area (Å²) in [5.74, 6) is -0.617. The van der Waals surface area contributed by atoms with Gasteiger partial charge in [0.25, 0.3) is 0 Å². The second-order valence-electron chi connectivity index (χ2n) is 9.76. The molecule has 0 unspecified atom stereocenters. The zero-order valence-electron chi connectivity index (χ0n) is 20.2. The van der Waals surface area contributed by atoms with E-state index in [2.05, 4.69) is 23.1 Å². The van der Waals surface area contributed by atoms with Crippen LogP contribution < -0.4 is 9.64 Å². The summed E-state index contributed by atoms with van der Waals surface area (Å²) < 4.78 is 16.6. The zero-order valence-corrected chi connectivity index (χ0v) is 21.1. The molecule has 3 aliphatic heterocycles. The van der Waals surface area contributed by atoms with Gasteiger partial charge in [0, 0.05) is 49.1 Å². The summed E-state index contributed by atoms with van der Waals surface area (Å²) in [7, 11) is 4.77. The Kier molecular flexibility index (Phi) is 5.94. The summed E-state index contributed by atoms with van der Waals surface area (Å²) in [6, 6.07) is 5.22. The molecule has 1 N–H and O–H groups in total. The van der Waals surface area contributed by atoms with Gasteiger partial charge in [-0.3, -0.25) is 9.69 Å². The van der Waals surface area contributed by atoms with Crippen molar-refractivity contribution in [3.63, 3.8) is 0 Å². The maximum atomic E-state index is 13.5. The summed E-state index contributed by atoms with van der Waals surface area (Å²) in [6.45, 7) is 4.94. The second kappa shape index (κ2) is 8.14. The van der Waals surface area contributed by atoms with Crippen LogP contribution in [0, 0.1) is 5.41 Å². The highest BCUT2D eigenvalue weighted by Crippen LogP contribution is 2.67. The van der Waals surface area contributed by atoms with Crippen LogP contribution in [0.1, 0.15) is 32.3 Å². The quantitative estimate of drug-likeness (QED) is 0.505. The van der Waals surface area contributed by atoms with E-state index in [1.54, 1.807) is 7.11 Å². The molecule has 1 saturated carbocycles. The van der Waals surface area contributed by atoms with E-state index in [4.69, 9.17) is 14.2 Å². The molecule has 5 rings (SSSR count). The zero-order chi connectivity index (χ0) is 23.8. The van der Waals surface area contributed by atoms with Crippen molar-refractivity contribution in [1.82, 2.24) is 4.90 Å². The average Bonchev–Trinajstić information content (AvgIpc) is 3.32. The summed E-state index contributed by atoms with van der Waals surface area (Å²) >= 11 is 0. The normalized spacial score (nSPS) is 37.2. The molecule has 0 bridgehead atoms. The van der Waals surface area contributed by atoms with E-state index in [0.717, 1.165) is 30.8 Å². The molecule has 8 nitrogen and oxygen atoms in total. The number of nitrogens with zero attached hydrogens (tertiary/aromatic N) is 2. The van der Waals surface area contributed by atoms with E-state index in [-0.39, 0.29) is 18.4 Å². The number of rotatable bonds is 4. The van der Waals surface area contributed by atoms with Crippen LogP contribution in [0.4, 0.5) is 5.69 Å². The van der Waals surface area contributed by atoms with Crippen LogP contribution in [-0.2, 0) is 24.5 Å². The van der Waals surface area contributed by atoms with Crippen LogP contribution in [0.2, 0.25) is 0 Å². The van der Waals surface area contributed by atoms with Crippen molar-refractivity contribution in [3.8, 4) is 5.75 Å². The highest BCUT2D eigenvalue weighted by molar-refractivity contribution is 5.87. The fourth-order valence-corrected chi connectivity index (χ4v) is 7.68. The van der Waals surface area contributed by atoms with Gasteiger partial charge >= 0.3 is 11.9 Å². The topological polar surface area (TPSA) is 88.5 Å². The molecule has 0 aromatic heterocycles. The van der Waals surface area contributed by atoms with E-state index in [1.165, 1.54) is 14.0 Å². The number of likely N-dealkylation sites (N-methyl/N-ethyl adjacent to an activating group) is 1. The molecule has 186 valence electrons. The monoisotopic (exact) mass is 492 g/mol. The number of halogens is 1. The van der Waals surface area contributed by atoms with Crippen LogP contribution in [0.3, 0.4) is 0 Å². The molecule has 3 heterocycles. The van der Waals surface area contributed by atoms with E-state index in [0.29, 0.717) is 12.2 Å². The summed E-state index contributed by atoms with van der Waals surface area (Å²) in [5.41, 5.74) is -1.41. The molecule has 9 heteroatoms. The Morgan fingerprint density at radius 3 is 2.59 bits per heavy atom. The Balaban J connectivity index is 0.00000274. The van der Waals surface area contributed by atoms with Crippen molar-refractivity contribution < 1.29 is 28.9 Å². The lowest BCUT2D eigenvalue weighted by molar-refractivity contribution is -0.228. The van der Waals surface area contributed by atoms with Gasteiger partial charge in [0.1, 0.15) is 5.75 Å². The Morgan fingerprint density at radius 2 is 1.97 bits per heavy atom. The minimum Gasteiger partial charge on any atom is -0.497 e. The first-order chi connectivity index (χ1) is 15.7. The van der Waals surface area contributed by atoms with Gasteiger partial charge in [-0.05, 0) is 31.0 Å². The van der Waals surface area contributed by atoms with Gasteiger partial charge in [-0.1, -0.05) is 25.1 Å². The number of carbonyl (C=O) groups is 2. The largest absolute Gasteiger partial charge is 0.497 e. The number of methoxy groups -OCH3 is 2. The fourth-order valence-electron chi connectivity index (χ4n) is 7.68. The van der Waals surface area contributed by atoms with Crippen molar-refractivity contribution in [3.05, 3.63) is 35.9 Å². The Labute approximate surface area is 206 Å². The lowest BCUT2D eigenvalue weighted by Gasteiger charge is -2.63. The van der Waals surface area contributed by atoms with Gasteiger partial charge in [0.2, 0.25) is 5.60 Å². The third-order valence-electron chi connectivity index (χ3n) is 8.62. The summed E-state index contributed by atoms with van der Waals surface area (Å²) in [5, 5.41) is 12.5. The van der Waals surface area contributed by atoms with Crippen LogP contribution in [0.5, 0.6) is 5.75 Å². The number of anilines is 1. The first kappa shape index (κ1) is 24.8. The molecule has 1 aliphatic carbocycles. The molecular formula is C25H33ClN2O6. The third kappa shape index (κ3) is 2.73. The number of hydrogen-bond donors (Lipinski definition) is 1. The highest BCUT2D eigenvalue weighted by atomic mass is 35.5. The molecule has 34 heavy (non-hydrogen) atoms. The molecule has 1 aromatic rings. The number of benzene rings is 1. The number of aliphatic hydroxyl groups is 1. The highest BCUT2D eigenvalue weighted by Gasteiger charge is 2.80. The van der Waals surface area contributed by atoms with Crippen molar-refractivity contribution >= 4 is 30.0 Å². The van der Waals surface area contributed by atoms with Crippen molar-refractivity contribution in [2.24, 2.45) is 5.41 Å². The minimum atomic E-state index is -2.08. The van der Waals surface area contributed by atoms with Gasteiger partial charge in [0.05, 0.1) is 20.3 Å². The maximum Gasteiger partial charge on any atom is 0.344 e. The molecular weight excluding hydrogens is 460 g/mol. The van der Waals surface area contributed by atoms with Crippen LogP contribution >= 0.6 is 12.4 Å². The van der Waals surface area contributed by atoms with Crippen molar-refractivity contribution in [1.29, 1.82) is 0 Å². The molecule has 0 amide bonds. The summed E-state index contributed by atoms with van der Waals surface area (Å²) in [6.07, 6.45) is 4.40. The van der Waals surface area contributed by atoms with E-state index >= 15 is 0 Å². The predicted octanol–water partition coefficient (Wildman–Crippen LogP) is 2.06. The van der Waals surface area contributed by atoms with Gasteiger partial charge in [0.15, 0.2) is 6.10 Å². The van der Waals surface area contributed by atoms with Gasteiger partial charge < -0.3 is 24.2 Å². The number of esters is 2. The SMILES string of the molecule is CC[C@]12C=CCN3CC[C@@]4(c5ccc(OC)cc5N(C)[C@H]4[C@@](O)(C(=O)OC)[C@@H]1OC(C)=O)[C@@H]32.Cl. The molecule has 1 aromatic carbocycles. The fraction of sp³-hybridized carbons (Fsp3) is 0.600. The first-order valence-electron chi connectivity index (χ1n) is 11.5. The minimum absolute atomic E-state index is 0. The van der Waals surface area contributed by atoms with E-state index in [9.17, 15) is 14.7 Å². The average molecular weight is 493 g/mol. The van der Waals surface area contributed by atoms with Crippen LogP contribution in [0.15, 0.2) is 30.4 Å². The van der Waals surface area contributed by atoms with E-state index in [1.807, 2.05) is 31.0 Å².